The minimum absolute atomic E-state index is 0.145. The zero-order valence-electron chi connectivity index (χ0n) is 17.6. The lowest BCUT2D eigenvalue weighted by atomic mass is 10.1. The van der Waals surface area contributed by atoms with Crippen molar-refractivity contribution in [3.8, 4) is 0 Å². The first kappa shape index (κ1) is 23.7. The van der Waals surface area contributed by atoms with E-state index in [1.54, 1.807) is 48.5 Å². The third kappa shape index (κ3) is 6.75. The number of nitrogens with one attached hydrogen (secondary N) is 1. The molecule has 0 bridgehead atoms. The average molecular weight is 470 g/mol. The summed E-state index contributed by atoms with van der Waals surface area (Å²) in [7, 11) is -3.86. The molecule has 0 spiro atoms. The van der Waals surface area contributed by atoms with Gasteiger partial charge < -0.3 is 0 Å². The molecule has 1 amide bonds. The minimum Gasteiger partial charge on any atom is -0.272 e. The third-order valence-electron chi connectivity index (χ3n) is 4.72. The number of benzene rings is 3. The minimum atomic E-state index is -3.86. The van der Waals surface area contributed by atoms with Crippen molar-refractivity contribution in [2.45, 2.75) is 18.2 Å². The Kier molecular flexibility index (Phi) is 8.16. The quantitative estimate of drug-likeness (QED) is 0.379. The van der Waals surface area contributed by atoms with E-state index in [1.807, 2.05) is 37.3 Å². The van der Waals surface area contributed by atoms with Crippen LogP contribution in [-0.4, -0.2) is 37.9 Å². The van der Waals surface area contributed by atoms with Gasteiger partial charge in [0.15, 0.2) is 0 Å². The van der Waals surface area contributed by atoms with Gasteiger partial charge in [-0.15, -0.1) is 0 Å². The van der Waals surface area contributed by atoms with E-state index in [2.05, 4.69) is 10.5 Å². The number of nitrogens with zero attached hydrogens (tertiary/aromatic N) is 2. The second-order valence-corrected chi connectivity index (χ2v) is 9.61. The largest absolute Gasteiger partial charge is 0.272 e. The molecular weight excluding hydrogens is 446 g/mol. The molecule has 0 fully saturated rings. The van der Waals surface area contributed by atoms with Crippen LogP contribution in [0.4, 0.5) is 0 Å². The summed E-state index contributed by atoms with van der Waals surface area (Å²) in [5.41, 5.74) is 5.04. The smallest absolute Gasteiger partial charge is 0.255 e. The molecule has 1 N–H and O–H groups in total. The predicted octanol–water partition coefficient (Wildman–Crippen LogP) is 4.03. The number of rotatable bonds is 9. The first-order valence-corrected chi connectivity index (χ1v) is 11.8. The molecule has 0 aliphatic rings. The molecule has 32 heavy (non-hydrogen) atoms. The van der Waals surface area contributed by atoms with Crippen LogP contribution >= 0.6 is 11.6 Å². The Hall–Kier alpha value is -3.00. The van der Waals surface area contributed by atoms with Crippen LogP contribution in [0.3, 0.4) is 0 Å². The van der Waals surface area contributed by atoms with Crippen molar-refractivity contribution in [2.75, 3.05) is 13.1 Å². The van der Waals surface area contributed by atoms with Gasteiger partial charge >= 0.3 is 0 Å². The van der Waals surface area contributed by atoms with Gasteiger partial charge in [0, 0.05) is 11.6 Å². The highest BCUT2D eigenvalue weighted by Gasteiger charge is 2.26. The van der Waals surface area contributed by atoms with Crippen LogP contribution in [0.5, 0.6) is 0 Å². The summed E-state index contributed by atoms with van der Waals surface area (Å²) in [6.45, 7) is 1.69. The highest BCUT2D eigenvalue weighted by atomic mass is 35.5. The van der Waals surface area contributed by atoms with E-state index in [9.17, 15) is 13.2 Å². The van der Waals surface area contributed by atoms with Crippen molar-refractivity contribution in [1.29, 1.82) is 0 Å². The molecule has 0 aliphatic heterocycles. The van der Waals surface area contributed by atoms with Crippen LogP contribution in [0.15, 0.2) is 88.9 Å². The zero-order chi connectivity index (χ0) is 23.0. The van der Waals surface area contributed by atoms with Gasteiger partial charge in [-0.25, -0.2) is 13.8 Å². The molecular formula is C24H24ClN3O3S. The first-order chi connectivity index (χ1) is 15.3. The molecule has 0 saturated carbocycles. The van der Waals surface area contributed by atoms with Gasteiger partial charge in [0.2, 0.25) is 10.0 Å². The fourth-order valence-electron chi connectivity index (χ4n) is 3.00. The number of carbonyl (C=O) groups is 1. The number of hydrogen-bond acceptors (Lipinski definition) is 4. The maximum atomic E-state index is 13.2. The van der Waals surface area contributed by atoms with Crippen LogP contribution in [0, 0.1) is 6.92 Å². The van der Waals surface area contributed by atoms with Gasteiger partial charge in [-0.05, 0) is 48.7 Å². The Morgan fingerprint density at radius 3 is 2.44 bits per heavy atom. The van der Waals surface area contributed by atoms with Gasteiger partial charge in [0.25, 0.3) is 5.91 Å². The first-order valence-electron chi connectivity index (χ1n) is 10.0. The second-order valence-electron chi connectivity index (χ2n) is 7.24. The van der Waals surface area contributed by atoms with E-state index in [0.717, 1.165) is 11.1 Å². The van der Waals surface area contributed by atoms with Crippen molar-refractivity contribution in [3.05, 3.63) is 101 Å². The van der Waals surface area contributed by atoms with Crippen molar-refractivity contribution >= 4 is 33.7 Å². The molecule has 0 radical (unpaired) electrons. The highest BCUT2D eigenvalue weighted by molar-refractivity contribution is 7.89. The van der Waals surface area contributed by atoms with Gasteiger partial charge in [0.1, 0.15) is 0 Å². The van der Waals surface area contributed by atoms with Crippen molar-refractivity contribution in [1.82, 2.24) is 9.73 Å². The molecule has 3 aromatic carbocycles. The topological polar surface area (TPSA) is 78.8 Å². The number of aryl methyl sites for hydroxylation is 1. The molecule has 0 aromatic heterocycles. The summed E-state index contributed by atoms with van der Waals surface area (Å²) in [6, 6.07) is 23.1. The molecule has 0 unspecified atom stereocenters. The summed E-state index contributed by atoms with van der Waals surface area (Å²) < 4.78 is 27.6. The van der Waals surface area contributed by atoms with Crippen LogP contribution in [-0.2, 0) is 21.2 Å². The van der Waals surface area contributed by atoms with Crippen molar-refractivity contribution in [2.24, 2.45) is 5.10 Å². The zero-order valence-corrected chi connectivity index (χ0v) is 19.2. The van der Waals surface area contributed by atoms with E-state index in [0.29, 0.717) is 17.0 Å². The molecule has 0 aliphatic carbocycles. The van der Waals surface area contributed by atoms with Crippen LogP contribution in [0.2, 0.25) is 5.02 Å². The average Bonchev–Trinajstić information content (AvgIpc) is 2.77. The number of hydrogen-bond donors (Lipinski definition) is 1. The predicted molar refractivity (Wildman–Crippen MR) is 127 cm³/mol. The van der Waals surface area contributed by atoms with E-state index >= 15 is 0 Å². The SMILES string of the molecule is Cc1ccc(S(=O)(=O)N(CCc2ccccc2)CC(=O)NN=Cc2cccc(Cl)c2)cc1. The number of halogens is 1. The lowest BCUT2D eigenvalue weighted by Gasteiger charge is -2.21. The summed E-state index contributed by atoms with van der Waals surface area (Å²) in [5, 5.41) is 4.47. The lowest BCUT2D eigenvalue weighted by molar-refractivity contribution is -0.121. The molecule has 0 heterocycles. The van der Waals surface area contributed by atoms with Gasteiger partial charge in [-0.1, -0.05) is 71.8 Å². The van der Waals surface area contributed by atoms with Gasteiger partial charge in [0.05, 0.1) is 17.7 Å². The maximum Gasteiger partial charge on any atom is 0.255 e. The van der Waals surface area contributed by atoms with Crippen LogP contribution < -0.4 is 5.43 Å². The van der Waals surface area contributed by atoms with E-state index in [4.69, 9.17) is 11.6 Å². The monoisotopic (exact) mass is 469 g/mol. The van der Waals surface area contributed by atoms with Crippen LogP contribution in [0.1, 0.15) is 16.7 Å². The van der Waals surface area contributed by atoms with Gasteiger partial charge in [-0.2, -0.15) is 9.41 Å². The number of carbonyl (C=O) groups excluding carboxylic acids is 1. The summed E-state index contributed by atoms with van der Waals surface area (Å²) in [4.78, 5) is 12.6. The standard InChI is InChI=1S/C24H24ClN3O3S/c1-19-10-12-23(13-11-19)32(30,31)28(15-14-20-6-3-2-4-7-20)18-24(29)27-26-17-21-8-5-9-22(25)16-21/h2-13,16-17H,14-15,18H2,1H3,(H,27,29). The number of hydrazone groups is 1. The molecule has 0 saturated heterocycles. The van der Waals surface area contributed by atoms with Crippen molar-refractivity contribution in [3.63, 3.8) is 0 Å². The second kappa shape index (κ2) is 11.0. The summed E-state index contributed by atoms with van der Waals surface area (Å²) >= 11 is 5.94. The summed E-state index contributed by atoms with van der Waals surface area (Å²) in [5.74, 6) is -0.535. The highest BCUT2D eigenvalue weighted by Crippen LogP contribution is 2.17. The Bertz CT molecular complexity index is 1180. The molecule has 6 nitrogen and oxygen atoms in total. The van der Waals surface area contributed by atoms with Gasteiger partial charge in [-0.3, -0.25) is 4.79 Å². The van der Waals surface area contributed by atoms with E-state index in [-0.39, 0.29) is 18.0 Å². The normalized spacial score (nSPS) is 11.7. The Labute approximate surface area is 193 Å². The molecule has 3 rings (SSSR count). The third-order valence-corrected chi connectivity index (χ3v) is 6.82. The Morgan fingerprint density at radius 2 is 1.75 bits per heavy atom. The van der Waals surface area contributed by atoms with Crippen LogP contribution in [0.25, 0.3) is 0 Å². The maximum absolute atomic E-state index is 13.2. The van der Waals surface area contributed by atoms with E-state index < -0.39 is 15.9 Å². The molecule has 8 heteroatoms. The Balaban J connectivity index is 1.73. The summed E-state index contributed by atoms with van der Waals surface area (Å²) in [6.07, 6.45) is 1.93. The molecule has 166 valence electrons. The number of amides is 1. The lowest BCUT2D eigenvalue weighted by Crippen LogP contribution is -2.40. The van der Waals surface area contributed by atoms with Crippen molar-refractivity contribution < 1.29 is 13.2 Å². The van der Waals surface area contributed by atoms with E-state index in [1.165, 1.54) is 10.5 Å². The molecule has 0 atom stereocenters. The molecule has 3 aromatic rings. The Morgan fingerprint density at radius 1 is 1.03 bits per heavy atom. The number of sulfonamides is 1. The fraction of sp³-hybridized carbons (Fsp3) is 0.167. The fourth-order valence-corrected chi connectivity index (χ4v) is 4.60.